The standard InChI is InChI=1S/C12H14N2O5/c1-12(2,11(16)19-3)13-10(15)8-6-4-5-7-9(8)14(17)18/h4-7H,1-3H3,(H,13,15). The number of carbonyl (C=O) groups excluding carboxylic acids is 2. The molecule has 0 aliphatic rings. The number of methoxy groups -OCH3 is 1. The number of amides is 1. The normalized spacial score (nSPS) is 10.7. The fourth-order valence-corrected chi connectivity index (χ4v) is 1.48. The van der Waals surface area contributed by atoms with E-state index in [1.807, 2.05) is 0 Å². The first-order valence-electron chi connectivity index (χ1n) is 5.44. The third-order valence-corrected chi connectivity index (χ3v) is 2.47. The van der Waals surface area contributed by atoms with Crippen molar-refractivity contribution in [1.82, 2.24) is 5.32 Å². The second-order valence-corrected chi connectivity index (χ2v) is 4.34. The zero-order valence-electron chi connectivity index (χ0n) is 10.8. The van der Waals surface area contributed by atoms with E-state index in [2.05, 4.69) is 10.1 Å². The molecule has 0 atom stereocenters. The molecule has 1 aromatic carbocycles. The Labute approximate surface area is 109 Å². The van der Waals surface area contributed by atoms with Crippen LogP contribution in [-0.2, 0) is 9.53 Å². The molecular formula is C12H14N2O5. The van der Waals surface area contributed by atoms with Gasteiger partial charge in [0.05, 0.1) is 12.0 Å². The maximum atomic E-state index is 12.0. The molecular weight excluding hydrogens is 252 g/mol. The minimum absolute atomic E-state index is 0.107. The SMILES string of the molecule is COC(=O)C(C)(C)NC(=O)c1ccccc1[N+](=O)[O-]. The molecule has 0 saturated carbocycles. The van der Waals surface area contributed by atoms with Gasteiger partial charge in [0.2, 0.25) is 0 Å². The molecule has 0 aromatic heterocycles. The molecule has 0 heterocycles. The van der Waals surface area contributed by atoms with E-state index < -0.39 is 22.3 Å². The minimum Gasteiger partial charge on any atom is -0.467 e. The Hall–Kier alpha value is -2.44. The zero-order valence-corrected chi connectivity index (χ0v) is 10.8. The van der Waals surface area contributed by atoms with E-state index in [-0.39, 0.29) is 11.3 Å². The van der Waals surface area contributed by atoms with Crippen LogP contribution in [0.15, 0.2) is 24.3 Å². The van der Waals surface area contributed by atoms with E-state index in [4.69, 9.17) is 0 Å². The van der Waals surface area contributed by atoms with Gasteiger partial charge in [0.25, 0.3) is 11.6 Å². The van der Waals surface area contributed by atoms with E-state index >= 15 is 0 Å². The quantitative estimate of drug-likeness (QED) is 0.502. The van der Waals surface area contributed by atoms with Crippen LogP contribution in [0.1, 0.15) is 24.2 Å². The van der Waals surface area contributed by atoms with Crippen molar-refractivity contribution in [3.8, 4) is 0 Å². The van der Waals surface area contributed by atoms with Gasteiger partial charge in [-0.1, -0.05) is 12.1 Å². The molecule has 0 spiro atoms. The van der Waals surface area contributed by atoms with Crippen LogP contribution in [-0.4, -0.2) is 29.4 Å². The summed E-state index contributed by atoms with van der Waals surface area (Å²) >= 11 is 0. The van der Waals surface area contributed by atoms with Gasteiger partial charge in [-0.15, -0.1) is 0 Å². The molecule has 0 unspecified atom stereocenters. The van der Waals surface area contributed by atoms with Gasteiger partial charge in [0.15, 0.2) is 0 Å². The summed E-state index contributed by atoms with van der Waals surface area (Å²) in [6.45, 7) is 2.90. The number of benzene rings is 1. The molecule has 7 heteroatoms. The van der Waals surface area contributed by atoms with E-state index in [0.717, 1.165) is 0 Å². The summed E-state index contributed by atoms with van der Waals surface area (Å²) in [4.78, 5) is 33.6. The predicted molar refractivity (Wildman–Crippen MR) is 66.7 cm³/mol. The maximum Gasteiger partial charge on any atom is 0.330 e. The smallest absolute Gasteiger partial charge is 0.330 e. The first kappa shape index (κ1) is 14.6. The van der Waals surface area contributed by atoms with Crippen LogP contribution in [0, 0.1) is 10.1 Å². The Balaban J connectivity index is 3.03. The number of hydrogen-bond donors (Lipinski definition) is 1. The number of para-hydroxylation sites is 1. The Bertz CT molecular complexity index is 525. The van der Waals surface area contributed by atoms with Crippen molar-refractivity contribution < 1.29 is 19.2 Å². The summed E-state index contributed by atoms with van der Waals surface area (Å²) in [5.41, 5.74) is -1.69. The third-order valence-electron chi connectivity index (χ3n) is 2.47. The largest absolute Gasteiger partial charge is 0.467 e. The molecule has 0 aliphatic carbocycles. The second kappa shape index (κ2) is 5.47. The van der Waals surface area contributed by atoms with Crippen LogP contribution in [0.2, 0.25) is 0 Å². The highest BCUT2D eigenvalue weighted by Gasteiger charge is 2.32. The van der Waals surface area contributed by atoms with E-state index in [1.54, 1.807) is 0 Å². The summed E-state index contributed by atoms with van der Waals surface area (Å²) in [5, 5.41) is 13.2. The second-order valence-electron chi connectivity index (χ2n) is 4.34. The first-order chi connectivity index (χ1) is 8.79. The van der Waals surface area contributed by atoms with Crippen LogP contribution in [0.4, 0.5) is 5.69 Å². The minimum atomic E-state index is -1.27. The van der Waals surface area contributed by atoms with Crippen molar-refractivity contribution in [2.75, 3.05) is 7.11 Å². The van der Waals surface area contributed by atoms with Crippen LogP contribution >= 0.6 is 0 Å². The Morgan fingerprint density at radius 1 is 1.32 bits per heavy atom. The molecule has 1 aromatic rings. The number of hydrogen-bond acceptors (Lipinski definition) is 5. The van der Waals surface area contributed by atoms with Crippen LogP contribution in [0.5, 0.6) is 0 Å². The number of ether oxygens (including phenoxy) is 1. The first-order valence-corrected chi connectivity index (χ1v) is 5.44. The third kappa shape index (κ3) is 3.27. The van der Waals surface area contributed by atoms with Gasteiger partial charge in [-0.2, -0.15) is 0 Å². The molecule has 0 bridgehead atoms. The molecule has 0 aliphatic heterocycles. The molecule has 0 radical (unpaired) electrons. The van der Waals surface area contributed by atoms with Gasteiger partial charge >= 0.3 is 5.97 Å². The van der Waals surface area contributed by atoms with Gasteiger partial charge < -0.3 is 10.1 Å². The lowest BCUT2D eigenvalue weighted by Gasteiger charge is -2.22. The number of nitrogens with one attached hydrogen (secondary N) is 1. The molecule has 7 nitrogen and oxygen atoms in total. The Kier molecular flexibility index (Phi) is 4.21. The van der Waals surface area contributed by atoms with Gasteiger partial charge in [-0.3, -0.25) is 14.9 Å². The topological polar surface area (TPSA) is 98.5 Å². The summed E-state index contributed by atoms with van der Waals surface area (Å²) < 4.78 is 4.54. The fourth-order valence-electron chi connectivity index (χ4n) is 1.48. The molecule has 102 valence electrons. The average Bonchev–Trinajstić information content (AvgIpc) is 2.37. The lowest BCUT2D eigenvalue weighted by molar-refractivity contribution is -0.385. The molecule has 0 fully saturated rings. The summed E-state index contributed by atoms with van der Waals surface area (Å²) in [6, 6.07) is 5.51. The van der Waals surface area contributed by atoms with Crippen LogP contribution in [0.3, 0.4) is 0 Å². The highest BCUT2D eigenvalue weighted by molar-refractivity contribution is 6.00. The maximum absolute atomic E-state index is 12.0. The highest BCUT2D eigenvalue weighted by atomic mass is 16.6. The van der Waals surface area contributed by atoms with E-state index in [0.29, 0.717) is 0 Å². The fraction of sp³-hybridized carbons (Fsp3) is 0.333. The number of nitro groups is 1. The predicted octanol–water partition coefficient (Wildman–Crippen LogP) is 1.28. The number of carbonyl (C=O) groups is 2. The van der Waals surface area contributed by atoms with Gasteiger partial charge in [-0.05, 0) is 19.9 Å². The van der Waals surface area contributed by atoms with Crippen LogP contribution in [0.25, 0.3) is 0 Å². The number of esters is 1. The van der Waals surface area contributed by atoms with Crippen molar-refractivity contribution >= 4 is 17.6 Å². The molecule has 19 heavy (non-hydrogen) atoms. The summed E-state index contributed by atoms with van der Waals surface area (Å²) in [5.74, 6) is -1.35. The zero-order chi connectivity index (χ0) is 14.6. The molecule has 1 N–H and O–H groups in total. The number of nitrogens with zero attached hydrogens (tertiary/aromatic N) is 1. The van der Waals surface area contributed by atoms with Crippen molar-refractivity contribution in [2.45, 2.75) is 19.4 Å². The van der Waals surface area contributed by atoms with E-state index in [1.165, 1.54) is 45.2 Å². The molecule has 0 saturated heterocycles. The highest BCUT2D eigenvalue weighted by Crippen LogP contribution is 2.18. The van der Waals surface area contributed by atoms with E-state index in [9.17, 15) is 19.7 Å². The van der Waals surface area contributed by atoms with Crippen molar-refractivity contribution in [1.29, 1.82) is 0 Å². The number of rotatable bonds is 4. The lowest BCUT2D eigenvalue weighted by atomic mass is 10.0. The monoisotopic (exact) mass is 266 g/mol. The summed E-state index contributed by atoms with van der Waals surface area (Å²) in [7, 11) is 1.20. The van der Waals surface area contributed by atoms with Crippen molar-refractivity contribution in [3.63, 3.8) is 0 Å². The Morgan fingerprint density at radius 3 is 2.42 bits per heavy atom. The summed E-state index contributed by atoms with van der Waals surface area (Å²) in [6.07, 6.45) is 0. The Morgan fingerprint density at radius 2 is 1.89 bits per heavy atom. The van der Waals surface area contributed by atoms with Gasteiger partial charge in [-0.25, -0.2) is 4.79 Å². The van der Waals surface area contributed by atoms with Crippen LogP contribution < -0.4 is 5.32 Å². The van der Waals surface area contributed by atoms with Gasteiger partial charge in [0, 0.05) is 6.07 Å². The lowest BCUT2D eigenvalue weighted by Crippen LogP contribution is -2.50. The van der Waals surface area contributed by atoms with Gasteiger partial charge in [0.1, 0.15) is 11.1 Å². The molecule has 1 amide bonds. The average molecular weight is 266 g/mol. The number of nitro benzene ring substituents is 1. The molecule has 1 rings (SSSR count). The van der Waals surface area contributed by atoms with Crippen molar-refractivity contribution in [3.05, 3.63) is 39.9 Å². The van der Waals surface area contributed by atoms with Crippen molar-refractivity contribution in [2.24, 2.45) is 0 Å².